The van der Waals surface area contributed by atoms with Crippen LogP contribution >= 0.6 is 11.6 Å². The molecule has 0 aromatic heterocycles. The number of fused-ring (bicyclic) bond motifs is 4. The molecule has 0 N–H and O–H groups in total. The standard InChI is InChI=1S/C19H15ClO/c1-19(2)15-9-7-12-5-3-4-6-14(12)18(15)21-17-10-8-13(20)11-16(17)19/h3-11H,1-2H3. The third-order valence-corrected chi connectivity index (χ3v) is 4.62. The van der Waals surface area contributed by atoms with Crippen LogP contribution in [0, 0.1) is 0 Å². The second-order valence-electron chi connectivity index (χ2n) is 6.03. The predicted molar refractivity (Wildman–Crippen MR) is 87.6 cm³/mol. The van der Waals surface area contributed by atoms with Crippen LogP contribution in [0.5, 0.6) is 11.5 Å². The quantitative estimate of drug-likeness (QED) is 0.499. The van der Waals surface area contributed by atoms with Gasteiger partial charge in [-0.3, -0.25) is 0 Å². The Hall–Kier alpha value is -1.99. The molecule has 3 aromatic rings. The summed E-state index contributed by atoms with van der Waals surface area (Å²) in [6, 6.07) is 18.5. The number of rotatable bonds is 0. The van der Waals surface area contributed by atoms with Crippen LogP contribution in [-0.4, -0.2) is 0 Å². The van der Waals surface area contributed by atoms with Crippen LogP contribution in [0.25, 0.3) is 10.8 Å². The molecule has 0 unspecified atom stereocenters. The molecule has 1 aliphatic rings. The zero-order valence-electron chi connectivity index (χ0n) is 12.0. The molecule has 1 aliphatic heterocycles. The van der Waals surface area contributed by atoms with E-state index in [0.717, 1.165) is 27.5 Å². The number of ether oxygens (including phenoxy) is 1. The van der Waals surface area contributed by atoms with E-state index in [1.807, 2.05) is 18.2 Å². The number of hydrogen-bond acceptors (Lipinski definition) is 1. The minimum Gasteiger partial charge on any atom is -0.456 e. The maximum absolute atomic E-state index is 6.22. The fourth-order valence-electron chi connectivity index (χ4n) is 3.18. The molecular formula is C19H15ClO. The highest BCUT2D eigenvalue weighted by Crippen LogP contribution is 2.50. The van der Waals surface area contributed by atoms with Gasteiger partial charge in [0.2, 0.25) is 0 Å². The lowest BCUT2D eigenvalue weighted by Crippen LogP contribution is -2.24. The van der Waals surface area contributed by atoms with Crippen molar-refractivity contribution in [1.29, 1.82) is 0 Å². The number of benzene rings is 3. The van der Waals surface area contributed by atoms with Gasteiger partial charge in [0.1, 0.15) is 11.5 Å². The minimum absolute atomic E-state index is 0.127. The van der Waals surface area contributed by atoms with Gasteiger partial charge in [-0.05, 0) is 23.6 Å². The lowest BCUT2D eigenvalue weighted by atomic mass is 9.75. The zero-order valence-corrected chi connectivity index (χ0v) is 12.7. The average molecular weight is 295 g/mol. The Balaban J connectivity index is 2.06. The average Bonchev–Trinajstić information content (AvgIpc) is 2.48. The molecule has 1 nitrogen and oxygen atoms in total. The maximum atomic E-state index is 6.22. The van der Waals surface area contributed by atoms with Gasteiger partial charge >= 0.3 is 0 Å². The van der Waals surface area contributed by atoms with Crippen LogP contribution in [0.2, 0.25) is 5.02 Å². The van der Waals surface area contributed by atoms with Crippen LogP contribution in [0.3, 0.4) is 0 Å². The molecule has 3 aromatic carbocycles. The van der Waals surface area contributed by atoms with Crippen molar-refractivity contribution in [3.63, 3.8) is 0 Å². The first-order valence-corrected chi connectivity index (χ1v) is 7.45. The summed E-state index contributed by atoms with van der Waals surface area (Å²) < 4.78 is 6.22. The molecule has 0 spiro atoms. The summed E-state index contributed by atoms with van der Waals surface area (Å²) >= 11 is 6.17. The van der Waals surface area contributed by atoms with Crippen molar-refractivity contribution < 1.29 is 4.74 Å². The molecule has 1 heterocycles. The van der Waals surface area contributed by atoms with Gasteiger partial charge in [-0.25, -0.2) is 0 Å². The fourth-order valence-corrected chi connectivity index (χ4v) is 3.35. The highest BCUT2D eigenvalue weighted by atomic mass is 35.5. The van der Waals surface area contributed by atoms with Crippen molar-refractivity contribution in [3.8, 4) is 11.5 Å². The van der Waals surface area contributed by atoms with E-state index in [9.17, 15) is 0 Å². The van der Waals surface area contributed by atoms with Gasteiger partial charge in [0, 0.05) is 27.0 Å². The molecule has 0 atom stereocenters. The van der Waals surface area contributed by atoms with E-state index in [1.54, 1.807) is 0 Å². The third kappa shape index (κ3) is 1.77. The van der Waals surface area contributed by atoms with Gasteiger partial charge < -0.3 is 4.74 Å². The molecule has 0 bridgehead atoms. The molecule has 0 amide bonds. The van der Waals surface area contributed by atoms with Gasteiger partial charge in [-0.1, -0.05) is 61.8 Å². The van der Waals surface area contributed by atoms with E-state index >= 15 is 0 Å². The van der Waals surface area contributed by atoms with E-state index in [-0.39, 0.29) is 5.41 Å². The third-order valence-electron chi connectivity index (χ3n) is 4.38. The van der Waals surface area contributed by atoms with Gasteiger partial charge in [-0.15, -0.1) is 0 Å². The van der Waals surface area contributed by atoms with Crippen molar-refractivity contribution in [1.82, 2.24) is 0 Å². The summed E-state index contributed by atoms with van der Waals surface area (Å²) in [7, 11) is 0. The second-order valence-corrected chi connectivity index (χ2v) is 6.47. The van der Waals surface area contributed by atoms with E-state index in [2.05, 4.69) is 50.2 Å². The van der Waals surface area contributed by atoms with Gasteiger partial charge in [-0.2, -0.15) is 0 Å². The van der Waals surface area contributed by atoms with Gasteiger partial charge in [0.15, 0.2) is 0 Å². The Morgan fingerprint density at radius 1 is 0.905 bits per heavy atom. The van der Waals surface area contributed by atoms with Crippen LogP contribution in [0.15, 0.2) is 54.6 Å². The van der Waals surface area contributed by atoms with Crippen LogP contribution < -0.4 is 4.74 Å². The molecule has 21 heavy (non-hydrogen) atoms. The van der Waals surface area contributed by atoms with E-state index in [0.29, 0.717) is 0 Å². The topological polar surface area (TPSA) is 9.23 Å². The zero-order chi connectivity index (χ0) is 14.6. The van der Waals surface area contributed by atoms with Crippen molar-refractivity contribution in [2.24, 2.45) is 0 Å². The highest BCUT2D eigenvalue weighted by Gasteiger charge is 2.35. The molecule has 4 rings (SSSR count). The summed E-state index contributed by atoms with van der Waals surface area (Å²) in [5.41, 5.74) is 2.21. The van der Waals surface area contributed by atoms with Crippen molar-refractivity contribution in [2.75, 3.05) is 0 Å². The Labute approximate surface area is 129 Å². The predicted octanol–water partition coefficient (Wildman–Crippen LogP) is 5.92. The molecule has 0 aliphatic carbocycles. The largest absolute Gasteiger partial charge is 0.456 e. The fraction of sp³-hybridized carbons (Fsp3) is 0.158. The van der Waals surface area contributed by atoms with Crippen molar-refractivity contribution >= 4 is 22.4 Å². The summed E-state index contributed by atoms with van der Waals surface area (Å²) in [5, 5.41) is 3.10. The van der Waals surface area contributed by atoms with Crippen LogP contribution in [0.1, 0.15) is 25.0 Å². The van der Waals surface area contributed by atoms with E-state index < -0.39 is 0 Å². The monoisotopic (exact) mass is 294 g/mol. The molecule has 0 saturated heterocycles. The molecular weight excluding hydrogens is 280 g/mol. The summed E-state index contributed by atoms with van der Waals surface area (Å²) in [5.74, 6) is 1.86. The number of halogens is 1. The van der Waals surface area contributed by atoms with Gasteiger partial charge in [0.05, 0.1) is 0 Å². The Kier molecular flexibility index (Phi) is 2.58. The lowest BCUT2D eigenvalue weighted by molar-refractivity contribution is 0.423. The van der Waals surface area contributed by atoms with Crippen LogP contribution in [-0.2, 0) is 5.41 Å². The molecule has 104 valence electrons. The highest BCUT2D eigenvalue weighted by molar-refractivity contribution is 6.30. The molecule has 0 fully saturated rings. The first kappa shape index (κ1) is 12.7. The van der Waals surface area contributed by atoms with Gasteiger partial charge in [0.25, 0.3) is 0 Å². The molecule has 0 radical (unpaired) electrons. The summed E-state index contributed by atoms with van der Waals surface area (Å²) in [4.78, 5) is 0. The first-order chi connectivity index (χ1) is 10.1. The lowest BCUT2D eigenvalue weighted by Gasteiger charge is -2.35. The summed E-state index contributed by atoms with van der Waals surface area (Å²) in [6.45, 7) is 4.44. The Morgan fingerprint density at radius 2 is 1.71 bits per heavy atom. The first-order valence-electron chi connectivity index (χ1n) is 7.07. The SMILES string of the molecule is CC1(C)c2cc(Cl)ccc2Oc2c1ccc1ccccc21. The number of hydrogen-bond donors (Lipinski definition) is 0. The van der Waals surface area contributed by atoms with E-state index in [4.69, 9.17) is 16.3 Å². The molecule has 2 heteroatoms. The minimum atomic E-state index is -0.127. The molecule has 0 saturated carbocycles. The summed E-state index contributed by atoms with van der Waals surface area (Å²) in [6.07, 6.45) is 0. The Bertz CT molecular complexity index is 865. The maximum Gasteiger partial charge on any atom is 0.139 e. The van der Waals surface area contributed by atoms with E-state index in [1.165, 1.54) is 10.9 Å². The van der Waals surface area contributed by atoms with Crippen molar-refractivity contribution in [2.45, 2.75) is 19.3 Å². The van der Waals surface area contributed by atoms with Crippen molar-refractivity contribution in [3.05, 3.63) is 70.7 Å². The second kappa shape index (κ2) is 4.25. The van der Waals surface area contributed by atoms with Crippen LogP contribution in [0.4, 0.5) is 0 Å². The Morgan fingerprint density at radius 3 is 2.57 bits per heavy atom. The normalized spacial score (nSPS) is 15.2. The smallest absolute Gasteiger partial charge is 0.139 e.